The zero-order chi connectivity index (χ0) is 22.0. The summed E-state index contributed by atoms with van der Waals surface area (Å²) in [6, 6.07) is 14.8. The lowest BCUT2D eigenvalue weighted by atomic mass is 10.0. The van der Waals surface area contributed by atoms with Crippen LogP contribution in [0.3, 0.4) is 0 Å². The van der Waals surface area contributed by atoms with Crippen molar-refractivity contribution < 1.29 is 14.2 Å². The van der Waals surface area contributed by atoms with Crippen molar-refractivity contribution in [3.63, 3.8) is 0 Å². The molecule has 7 nitrogen and oxygen atoms in total. The van der Waals surface area contributed by atoms with Crippen molar-refractivity contribution in [1.29, 1.82) is 0 Å². The number of benzene rings is 2. The molecule has 8 heteroatoms. The molecule has 1 N–H and O–H groups in total. The average molecular weight is 436 g/mol. The Labute approximate surface area is 184 Å². The Kier molecular flexibility index (Phi) is 5.90. The van der Waals surface area contributed by atoms with Crippen molar-refractivity contribution in [2.24, 2.45) is 0 Å². The lowest BCUT2D eigenvalue weighted by molar-refractivity contribution is -0.763. The molecular formula is C23H23N4O3S+. The Bertz CT molecular complexity index is 1190. The van der Waals surface area contributed by atoms with Crippen LogP contribution < -0.4 is 19.9 Å². The zero-order valence-electron chi connectivity index (χ0n) is 17.4. The maximum atomic E-state index is 13.1. The van der Waals surface area contributed by atoms with Crippen LogP contribution in [0.25, 0.3) is 11.3 Å². The van der Waals surface area contributed by atoms with Gasteiger partial charge in [-0.1, -0.05) is 43.5 Å². The molecule has 0 saturated heterocycles. The number of aromatic amines is 1. The molecule has 0 radical (unpaired) electrons. The first-order valence-corrected chi connectivity index (χ1v) is 11.0. The van der Waals surface area contributed by atoms with Crippen LogP contribution in [0, 0.1) is 0 Å². The second-order valence-corrected chi connectivity index (χ2v) is 8.19. The molecule has 0 aliphatic carbocycles. The number of H-pyrrole nitrogens is 1. The summed E-state index contributed by atoms with van der Waals surface area (Å²) in [5, 5.41) is 5.22. The molecule has 1 aromatic heterocycles. The Morgan fingerprint density at radius 3 is 2.71 bits per heavy atom. The van der Waals surface area contributed by atoms with Crippen LogP contribution in [-0.4, -0.2) is 28.3 Å². The lowest BCUT2D eigenvalue weighted by Crippen LogP contribution is -2.60. The van der Waals surface area contributed by atoms with E-state index in [0.717, 1.165) is 11.3 Å². The van der Waals surface area contributed by atoms with E-state index in [1.54, 1.807) is 15.7 Å². The third-order valence-electron chi connectivity index (χ3n) is 4.92. The molecule has 0 bridgehead atoms. The number of anilines is 1. The average Bonchev–Trinajstić information content (AvgIpc) is 2.77. The van der Waals surface area contributed by atoms with Crippen LogP contribution in [0.4, 0.5) is 5.69 Å². The highest BCUT2D eigenvalue weighted by Crippen LogP contribution is 2.37. The Balaban J connectivity index is 1.94. The number of nitrogens with zero attached hydrogens (tertiary/aromatic N) is 3. The molecule has 0 spiro atoms. The lowest BCUT2D eigenvalue weighted by Gasteiger charge is -2.31. The number of ether oxygens (including phenoxy) is 1. The third-order valence-corrected chi connectivity index (χ3v) is 5.67. The maximum absolute atomic E-state index is 13.1. The first-order chi connectivity index (χ1) is 15.0. The van der Waals surface area contributed by atoms with Gasteiger partial charge in [0.2, 0.25) is 11.1 Å². The first kappa shape index (κ1) is 20.9. The molecule has 1 atom stereocenters. The van der Waals surface area contributed by atoms with Gasteiger partial charge in [-0.05, 0) is 46.8 Å². The van der Waals surface area contributed by atoms with E-state index in [-0.39, 0.29) is 11.5 Å². The van der Waals surface area contributed by atoms with E-state index in [1.807, 2.05) is 55.5 Å². The van der Waals surface area contributed by atoms with E-state index >= 15 is 0 Å². The maximum Gasteiger partial charge on any atom is 0.325 e. The minimum absolute atomic E-state index is 0.144. The zero-order valence-corrected chi connectivity index (χ0v) is 18.2. The Hall–Kier alpha value is -3.39. The molecule has 0 saturated carbocycles. The summed E-state index contributed by atoms with van der Waals surface area (Å²) in [6.45, 7) is 7.57. The molecule has 1 aliphatic rings. The van der Waals surface area contributed by atoms with E-state index < -0.39 is 6.17 Å². The normalized spacial score (nSPS) is 14.5. The second-order valence-electron chi connectivity index (χ2n) is 6.93. The highest BCUT2D eigenvalue weighted by molar-refractivity contribution is 7.99. The largest absolute Gasteiger partial charge is 0.490 e. The summed E-state index contributed by atoms with van der Waals surface area (Å²) >= 11 is 1.44. The number of carbonyl (C=O) groups excluding carboxylic acids is 1. The van der Waals surface area contributed by atoms with Crippen LogP contribution in [-0.2, 0) is 4.79 Å². The number of rotatable bonds is 6. The van der Waals surface area contributed by atoms with Gasteiger partial charge in [0, 0.05) is 17.6 Å². The Morgan fingerprint density at radius 1 is 1.29 bits per heavy atom. The number of para-hydroxylation sites is 1. The fraction of sp³-hybridized carbons (Fsp3) is 0.217. The van der Waals surface area contributed by atoms with Crippen molar-refractivity contribution in [2.45, 2.75) is 25.2 Å². The van der Waals surface area contributed by atoms with Crippen LogP contribution >= 0.6 is 11.8 Å². The quantitative estimate of drug-likeness (QED) is 0.365. The molecule has 3 aromatic rings. The first-order valence-electron chi connectivity index (χ1n) is 9.97. The summed E-state index contributed by atoms with van der Waals surface area (Å²) in [5.41, 5.74) is 2.34. The van der Waals surface area contributed by atoms with Crippen LogP contribution in [0.5, 0.6) is 5.75 Å². The molecule has 0 fully saturated rings. The van der Waals surface area contributed by atoms with Gasteiger partial charge in [0.1, 0.15) is 12.4 Å². The van der Waals surface area contributed by atoms with Gasteiger partial charge < -0.3 is 4.74 Å². The summed E-state index contributed by atoms with van der Waals surface area (Å²) in [4.78, 5) is 30.4. The van der Waals surface area contributed by atoms with Crippen molar-refractivity contribution in [3.8, 4) is 17.0 Å². The van der Waals surface area contributed by atoms with Gasteiger partial charge >= 0.3 is 11.3 Å². The Morgan fingerprint density at radius 2 is 2.03 bits per heavy atom. The van der Waals surface area contributed by atoms with Crippen LogP contribution in [0.1, 0.15) is 25.6 Å². The van der Waals surface area contributed by atoms with E-state index in [2.05, 4.69) is 11.6 Å². The summed E-state index contributed by atoms with van der Waals surface area (Å²) < 4.78 is 7.24. The second kappa shape index (κ2) is 8.77. The molecule has 2 heterocycles. The van der Waals surface area contributed by atoms with E-state index in [9.17, 15) is 9.59 Å². The molecule has 4 rings (SSSR count). The van der Waals surface area contributed by atoms with Crippen molar-refractivity contribution in [3.05, 3.63) is 77.1 Å². The number of thioether (sulfide) groups is 1. The number of carbonyl (C=O) groups is 1. The van der Waals surface area contributed by atoms with Crippen LogP contribution in [0.15, 0.2) is 71.1 Å². The number of nitrogens with one attached hydrogen (secondary N) is 1. The summed E-state index contributed by atoms with van der Waals surface area (Å²) in [7, 11) is 0. The van der Waals surface area contributed by atoms with Gasteiger partial charge in [-0.25, -0.2) is 4.90 Å². The number of fused-ring (bicyclic) bond motifs is 3. The predicted molar refractivity (Wildman–Crippen MR) is 120 cm³/mol. The van der Waals surface area contributed by atoms with Crippen molar-refractivity contribution >= 4 is 23.4 Å². The topological polar surface area (TPSA) is 79.2 Å². The number of hydrogen-bond acceptors (Lipinski definition) is 5. The molecule has 0 unspecified atom stereocenters. The fourth-order valence-corrected chi connectivity index (χ4v) is 4.29. The number of aromatic nitrogens is 3. The van der Waals surface area contributed by atoms with E-state index in [1.165, 1.54) is 18.7 Å². The molecule has 2 aromatic carbocycles. The van der Waals surface area contributed by atoms with Crippen molar-refractivity contribution in [2.75, 3.05) is 17.3 Å². The van der Waals surface area contributed by atoms with Gasteiger partial charge in [-0.2, -0.15) is 0 Å². The molecule has 31 heavy (non-hydrogen) atoms. The summed E-state index contributed by atoms with van der Waals surface area (Å²) in [5.74, 6) is 1.31. The van der Waals surface area contributed by atoms with Gasteiger partial charge in [0.25, 0.3) is 6.17 Å². The third kappa shape index (κ3) is 3.86. The summed E-state index contributed by atoms with van der Waals surface area (Å²) in [6.07, 6.45) is 1.08. The van der Waals surface area contributed by atoms with E-state index in [4.69, 9.17) is 9.84 Å². The monoisotopic (exact) mass is 435 g/mol. The number of amides is 1. The molecule has 1 amide bonds. The molecule has 158 valence electrons. The highest BCUT2D eigenvalue weighted by atomic mass is 32.2. The van der Waals surface area contributed by atoms with Gasteiger partial charge in [-0.3, -0.25) is 14.6 Å². The number of hydrogen-bond donors (Lipinski definition) is 1. The van der Waals surface area contributed by atoms with E-state index in [0.29, 0.717) is 34.5 Å². The molecule has 1 aliphatic heterocycles. The standard InChI is InChI=1S/C23H22N4O3S/c1-4-14-30-17-12-10-16(11-13-17)22-26(15(3)28)19-9-7-6-8-18(19)20-21(29)24-23(31-5-2)25-27(20)22/h4,6-13,22H,1,5,14H2,2-3H3/p+1/t22-/m0/s1. The predicted octanol–water partition coefficient (Wildman–Crippen LogP) is 3.31. The van der Waals surface area contributed by atoms with Gasteiger partial charge in [0.05, 0.1) is 11.3 Å². The minimum atomic E-state index is -0.602. The smallest absolute Gasteiger partial charge is 0.325 e. The highest BCUT2D eigenvalue weighted by Gasteiger charge is 2.44. The SMILES string of the molecule is C=CCOc1ccc([C@H]2N(C(C)=O)c3ccccc3-c3c(=O)[nH]c(SCC)n[n+]32)cc1. The fourth-order valence-electron chi connectivity index (χ4n) is 3.71. The van der Waals surface area contributed by atoms with Gasteiger partial charge in [0.15, 0.2) is 0 Å². The van der Waals surface area contributed by atoms with Gasteiger partial charge in [-0.15, -0.1) is 0 Å². The van der Waals surface area contributed by atoms with Crippen molar-refractivity contribution in [1.82, 2.24) is 10.1 Å². The van der Waals surface area contributed by atoms with Crippen LogP contribution in [0.2, 0.25) is 0 Å². The minimum Gasteiger partial charge on any atom is -0.490 e. The molecular weight excluding hydrogens is 412 g/mol.